The van der Waals surface area contributed by atoms with Gasteiger partial charge in [-0.25, -0.2) is 14.4 Å². The molecule has 13 heteroatoms. The van der Waals surface area contributed by atoms with Crippen LogP contribution in [0.1, 0.15) is 73.1 Å². The molecular formula is C24H42N4O9. The zero-order valence-electron chi connectivity index (χ0n) is 22.5. The molecule has 4 N–H and O–H groups in total. The lowest BCUT2D eigenvalue weighted by atomic mass is 10.2. The van der Waals surface area contributed by atoms with Crippen molar-refractivity contribution in [1.29, 1.82) is 0 Å². The fraction of sp³-hybridized carbons (Fsp3) is 0.750. The van der Waals surface area contributed by atoms with Crippen LogP contribution >= 0.6 is 0 Å². The zero-order valence-corrected chi connectivity index (χ0v) is 22.5. The summed E-state index contributed by atoms with van der Waals surface area (Å²) in [6, 6.07) is -1.66. The molecule has 4 amide bonds. The Bertz CT molecular complexity index is 742. The third-order valence-corrected chi connectivity index (χ3v) is 4.45. The minimum atomic E-state index is -1.66. The first kappa shape index (κ1) is 33.6. The summed E-state index contributed by atoms with van der Waals surface area (Å²) in [5.74, 6) is -4.07. The molecule has 37 heavy (non-hydrogen) atoms. The number of hydrogen-bond donors (Lipinski definition) is 4. The van der Waals surface area contributed by atoms with Crippen LogP contribution < -0.4 is 21.3 Å². The predicted molar refractivity (Wildman–Crippen MR) is 133 cm³/mol. The van der Waals surface area contributed by atoms with Gasteiger partial charge in [-0.05, 0) is 33.6 Å². The van der Waals surface area contributed by atoms with Crippen LogP contribution in [0.5, 0.6) is 0 Å². The molecule has 0 spiro atoms. The van der Waals surface area contributed by atoms with Gasteiger partial charge in [-0.3, -0.25) is 14.4 Å². The first-order valence-electron chi connectivity index (χ1n) is 12.5. The zero-order chi connectivity index (χ0) is 28.3. The van der Waals surface area contributed by atoms with Gasteiger partial charge in [0.25, 0.3) is 0 Å². The van der Waals surface area contributed by atoms with E-state index in [1.165, 1.54) is 0 Å². The maximum atomic E-state index is 12.4. The van der Waals surface area contributed by atoms with Crippen LogP contribution in [0.4, 0.5) is 4.79 Å². The van der Waals surface area contributed by atoms with Crippen molar-refractivity contribution in [2.45, 2.75) is 84.8 Å². The lowest BCUT2D eigenvalue weighted by Gasteiger charge is -2.19. The van der Waals surface area contributed by atoms with Gasteiger partial charge in [-0.1, -0.05) is 39.5 Å². The van der Waals surface area contributed by atoms with Crippen LogP contribution in [-0.4, -0.2) is 80.2 Å². The van der Waals surface area contributed by atoms with Crippen LogP contribution in [0.15, 0.2) is 0 Å². The van der Waals surface area contributed by atoms with Gasteiger partial charge >= 0.3 is 18.0 Å². The highest BCUT2D eigenvalue weighted by Gasteiger charge is 2.31. The van der Waals surface area contributed by atoms with Gasteiger partial charge < -0.3 is 35.5 Å². The van der Waals surface area contributed by atoms with E-state index >= 15 is 0 Å². The Hall–Kier alpha value is -3.38. The van der Waals surface area contributed by atoms with Gasteiger partial charge in [0.15, 0.2) is 0 Å². The molecule has 0 heterocycles. The molecule has 0 fully saturated rings. The van der Waals surface area contributed by atoms with Crippen LogP contribution in [0.25, 0.3) is 0 Å². The molecule has 0 saturated heterocycles. The first-order valence-corrected chi connectivity index (χ1v) is 12.5. The summed E-state index contributed by atoms with van der Waals surface area (Å²) in [6.45, 7) is 7.73. The Morgan fingerprint density at radius 3 is 1.51 bits per heavy atom. The topological polar surface area (TPSA) is 178 Å². The predicted octanol–water partition coefficient (Wildman–Crippen LogP) is 0.695. The second-order valence-corrected chi connectivity index (χ2v) is 9.16. The number of nitrogens with one attached hydrogen (secondary N) is 4. The second-order valence-electron chi connectivity index (χ2n) is 9.16. The standard InChI is InChI=1S/C24H42N4O9/c1-6-8-10-12-35-21(32)20(22(33)36-13-11-9-7-2)28-19(31)16-26-17(29)14-25-18(30)15-27-23(34)37-24(3,4)5/h20H,6-16H2,1-5H3,(H,25,30)(H,26,29)(H,27,34)(H,28,31). The van der Waals surface area contributed by atoms with Gasteiger partial charge in [-0.2, -0.15) is 0 Å². The van der Waals surface area contributed by atoms with Crippen molar-refractivity contribution < 1.29 is 43.0 Å². The molecule has 0 aromatic rings. The maximum Gasteiger partial charge on any atom is 0.408 e. The molecule has 0 aliphatic heterocycles. The van der Waals surface area contributed by atoms with Gasteiger partial charge in [0.2, 0.25) is 23.8 Å². The van der Waals surface area contributed by atoms with Crippen LogP contribution in [0, 0.1) is 0 Å². The van der Waals surface area contributed by atoms with E-state index in [4.69, 9.17) is 14.2 Å². The third kappa shape index (κ3) is 18.5. The Labute approximate surface area is 218 Å². The molecule has 0 aliphatic rings. The molecular weight excluding hydrogens is 488 g/mol. The fourth-order valence-electron chi connectivity index (χ4n) is 2.59. The molecule has 0 aromatic carbocycles. The highest BCUT2D eigenvalue weighted by atomic mass is 16.6. The first-order chi connectivity index (χ1) is 17.4. The van der Waals surface area contributed by atoms with Gasteiger partial charge in [0.05, 0.1) is 26.3 Å². The minimum absolute atomic E-state index is 0.0986. The van der Waals surface area contributed by atoms with Crippen LogP contribution in [0.3, 0.4) is 0 Å². The molecule has 0 bridgehead atoms. The number of alkyl carbamates (subject to hydrolysis) is 1. The normalized spacial score (nSPS) is 10.8. The van der Waals surface area contributed by atoms with E-state index in [2.05, 4.69) is 21.3 Å². The van der Waals surface area contributed by atoms with Crippen LogP contribution in [0.2, 0.25) is 0 Å². The van der Waals surface area contributed by atoms with Crippen molar-refractivity contribution in [1.82, 2.24) is 21.3 Å². The second kappa shape index (κ2) is 18.8. The van der Waals surface area contributed by atoms with E-state index in [0.717, 1.165) is 25.7 Å². The number of amides is 4. The number of esters is 2. The highest BCUT2D eigenvalue weighted by Crippen LogP contribution is 2.06. The summed E-state index contributed by atoms with van der Waals surface area (Å²) in [7, 11) is 0. The number of carbonyl (C=O) groups is 6. The number of ether oxygens (including phenoxy) is 3. The number of carbonyl (C=O) groups excluding carboxylic acids is 6. The van der Waals surface area contributed by atoms with E-state index in [0.29, 0.717) is 12.8 Å². The van der Waals surface area contributed by atoms with Gasteiger partial charge in [0, 0.05) is 0 Å². The molecule has 0 rings (SSSR count). The highest BCUT2D eigenvalue weighted by molar-refractivity contribution is 6.03. The summed E-state index contributed by atoms with van der Waals surface area (Å²) in [5, 5.41) is 8.98. The Morgan fingerprint density at radius 1 is 0.649 bits per heavy atom. The molecule has 0 unspecified atom stereocenters. The van der Waals surface area contributed by atoms with E-state index in [1.807, 2.05) is 13.8 Å². The van der Waals surface area contributed by atoms with Crippen molar-refractivity contribution in [3.63, 3.8) is 0 Å². The lowest BCUT2D eigenvalue weighted by molar-refractivity contribution is -0.160. The summed E-state index contributed by atoms with van der Waals surface area (Å²) >= 11 is 0. The van der Waals surface area contributed by atoms with Gasteiger partial charge in [0.1, 0.15) is 12.1 Å². The molecule has 13 nitrogen and oxygen atoms in total. The van der Waals surface area contributed by atoms with Gasteiger partial charge in [-0.15, -0.1) is 0 Å². The molecule has 0 atom stereocenters. The summed E-state index contributed by atoms with van der Waals surface area (Å²) < 4.78 is 15.2. The largest absolute Gasteiger partial charge is 0.464 e. The Morgan fingerprint density at radius 2 is 1.08 bits per heavy atom. The Balaban J connectivity index is 4.59. The van der Waals surface area contributed by atoms with Crippen molar-refractivity contribution in [3.8, 4) is 0 Å². The van der Waals surface area contributed by atoms with E-state index in [9.17, 15) is 28.8 Å². The average molecular weight is 531 g/mol. The van der Waals surface area contributed by atoms with Crippen molar-refractivity contribution in [2.75, 3.05) is 32.8 Å². The molecule has 0 aromatic heterocycles. The third-order valence-electron chi connectivity index (χ3n) is 4.45. The van der Waals surface area contributed by atoms with E-state index in [-0.39, 0.29) is 13.2 Å². The Kier molecular flexibility index (Phi) is 17.1. The number of unbranched alkanes of at least 4 members (excludes halogenated alkanes) is 4. The monoisotopic (exact) mass is 530 g/mol. The van der Waals surface area contributed by atoms with Crippen LogP contribution in [-0.2, 0) is 38.2 Å². The molecule has 212 valence electrons. The maximum absolute atomic E-state index is 12.4. The molecule has 0 aliphatic carbocycles. The molecule has 0 radical (unpaired) electrons. The number of hydrogen-bond acceptors (Lipinski definition) is 9. The smallest absolute Gasteiger partial charge is 0.408 e. The van der Waals surface area contributed by atoms with Crippen molar-refractivity contribution >= 4 is 35.8 Å². The van der Waals surface area contributed by atoms with Crippen molar-refractivity contribution in [2.24, 2.45) is 0 Å². The SMILES string of the molecule is CCCCCOC(=O)C(NC(=O)CNC(=O)CNC(=O)CNC(=O)OC(C)(C)C)C(=O)OCCCCC. The summed E-state index contributed by atoms with van der Waals surface area (Å²) in [4.78, 5) is 72.2. The average Bonchev–Trinajstić information content (AvgIpc) is 2.82. The minimum Gasteiger partial charge on any atom is -0.464 e. The quantitative estimate of drug-likeness (QED) is 0.0911. The number of rotatable bonds is 17. The summed E-state index contributed by atoms with van der Waals surface area (Å²) in [6.07, 6.45) is 3.95. The fourth-order valence-corrected chi connectivity index (χ4v) is 2.59. The van der Waals surface area contributed by atoms with E-state index < -0.39 is 67.0 Å². The molecule has 0 saturated carbocycles. The lowest BCUT2D eigenvalue weighted by Crippen LogP contribution is -2.51. The van der Waals surface area contributed by atoms with Crippen molar-refractivity contribution in [3.05, 3.63) is 0 Å². The van der Waals surface area contributed by atoms with E-state index in [1.54, 1.807) is 20.8 Å². The summed E-state index contributed by atoms with van der Waals surface area (Å²) in [5.41, 5.74) is -0.725.